The lowest BCUT2D eigenvalue weighted by molar-refractivity contribution is 0.0691. The number of carbonyl (C=O) groups is 2. The van der Waals surface area contributed by atoms with Crippen LogP contribution in [-0.2, 0) is 13.2 Å². The van der Waals surface area contributed by atoms with E-state index in [1.165, 1.54) is 6.07 Å². The van der Waals surface area contributed by atoms with Crippen molar-refractivity contribution in [2.24, 2.45) is 0 Å². The number of carboxylic acids is 1. The summed E-state index contributed by atoms with van der Waals surface area (Å²) < 4.78 is 11.9. The van der Waals surface area contributed by atoms with E-state index in [9.17, 15) is 14.7 Å². The van der Waals surface area contributed by atoms with Crippen molar-refractivity contribution >= 4 is 11.8 Å². The van der Waals surface area contributed by atoms with Crippen molar-refractivity contribution in [1.82, 2.24) is 0 Å². The molecule has 0 amide bonds. The molecule has 0 atom stereocenters. The van der Waals surface area contributed by atoms with Crippen molar-refractivity contribution in [3.8, 4) is 11.5 Å². The van der Waals surface area contributed by atoms with Gasteiger partial charge >= 0.3 is 5.97 Å². The van der Waals surface area contributed by atoms with Gasteiger partial charge in [-0.3, -0.25) is 4.79 Å². The molecule has 0 fully saturated rings. The molecule has 0 heterocycles. The van der Waals surface area contributed by atoms with Gasteiger partial charge in [0.2, 0.25) is 0 Å². The van der Waals surface area contributed by atoms with Crippen LogP contribution in [0, 0.1) is 6.92 Å². The Hall–Kier alpha value is -4.38. The van der Waals surface area contributed by atoms with Gasteiger partial charge in [-0.25, -0.2) is 4.79 Å². The molecular weight excluding hydrogens is 428 g/mol. The van der Waals surface area contributed by atoms with Gasteiger partial charge in [0.05, 0.1) is 11.1 Å². The molecule has 1 N–H and O–H groups in total. The summed E-state index contributed by atoms with van der Waals surface area (Å²) in [4.78, 5) is 25.6. The molecule has 4 aromatic rings. The Morgan fingerprint density at radius 1 is 0.735 bits per heavy atom. The minimum Gasteiger partial charge on any atom is -0.489 e. The van der Waals surface area contributed by atoms with Gasteiger partial charge in [0.15, 0.2) is 5.78 Å². The zero-order chi connectivity index (χ0) is 23.9. The molecule has 0 aliphatic carbocycles. The number of hydrogen-bond acceptors (Lipinski definition) is 4. The number of ketones is 1. The zero-order valence-corrected chi connectivity index (χ0v) is 18.7. The third-order valence-electron chi connectivity index (χ3n) is 5.33. The fraction of sp³-hybridized carbons (Fsp3) is 0.103. The van der Waals surface area contributed by atoms with Crippen LogP contribution in [-0.4, -0.2) is 16.9 Å². The molecule has 0 spiro atoms. The van der Waals surface area contributed by atoms with Crippen LogP contribution in [0.15, 0.2) is 97.1 Å². The molecule has 4 rings (SSSR count). The first-order valence-electron chi connectivity index (χ1n) is 10.9. The van der Waals surface area contributed by atoms with Crippen molar-refractivity contribution in [1.29, 1.82) is 0 Å². The highest BCUT2D eigenvalue weighted by molar-refractivity contribution is 6.16. The highest BCUT2D eigenvalue weighted by atomic mass is 16.5. The minimum absolute atomic E-state index is 0.000606. The number of carbonyl (C=O) groups excluding carboxylic acids is 1. The molecule has 170 valence electrons. The normalized spacial score (nSPS) is 10.5. The third-order valence-corrected chi connectivity index (χ3v) is 5.33. The third kappa shape index (κ3) is 5.51. The summed E-state index contributed by atoms with van der Waals surface area (Å²) in [5.74, 6) is -1.18. The molecule has 34 heavy (non-hydrogen) atoms. The Morgan fingerprint density at radius 2 is 1.29 bits per heavy atom. The van der Waals surface area contributed by atoms with Crippen LogP contribution in [0.5, 0.6) is 11.5 Å². The lowest BCUT2D eigenvalue weighted by Crippen LogP contribution is -2.13. The number of aromatic carboxylic acids is 1. The summed E-state index contributed by atoms with van der Waals surface area (Å²) in [6.07, 6.45) is 0. The number of carboxylic acid groups (broad SMARTS) is 1. The van der Waals surface area contributed by atoms with Gasteiger partial charge in [0, 0.05) is 11.6 Å². The molecule has 0 radical (unpaired) electrons. The summed E-state index contributed by atoms with van der Waals surface area (Å²) in [5.41, 5.74) is 3.05. The van der Waals surface area contributed by atoms with Crippen molar-refractivity contribution in [2.75, 3.05) is 0 Å². The topological polar surface area (TPSA) is 72.8 Å². The number of hydrogen-bond donors (Lipinski definition) is 1. The van der Waals surface area contributed by atoms with Crippen molar-refractivity contribution in [3.63, 3.8) is 0 Å². The van der Waals surface area contributed by atoms with Crippen LogP contribution < -0.4 is 9.47 Å². The predicted molar refractivity (Wildman–Crippen MR) is 130 cm³/mol. The van der Waals surface area contributed by atoms with Crippen molar-refractivity contribution < 1.29 is 24.2 Å². The van der Waals surface area contributed by atoms with Gasteiger partial charge in [-0.05, 0) is 24.1 Å². The van der Waals surface area contributed by atoms with Crippen LogP contribution in [0.3, 0.4) is 0 Å². The van der Waals surface area contributed by atoms with Crippen molar-refractivity contribution in [3.05, 3.63) is 130 Å². The minimum atomic E-state index is -1.23. The van der Waals surface area contributed by atoms with Gasteiger partial charge < -0.3 is 14.6 Å². The SMILES string of the molecule is Cc1ccc(C(=O)c2c(OCc3ccccc3)cc(OCc3ccccc3)cc2C(=O)O)cc1. The molecule has 0 aliphatic heterocycles. The standard InChI is InChI=1S/C29H24O5/c1-20-12-14-23(15-13-20)28(30)27-25(29(31)32)16-24(33-18-21-8-4-2-5-9-21)17-26(27)34-19-22-10-6-3-7-11-22/h2-17H,18-19H2,1H3,(H,31,32). The molecule has 0 saturated heterocycles. The van der Waals surface area contributed by atoms with Gasteiger partial charge in [0.1, 0.15) is 24.7 Å². The van der Waals surface area contributed by atoms with E-state index >= 15 is 0 Å². The summed E-state index contributed by atoms with van der Waals surface area (Å²) in [6.45, 7) is 2.35. The molecule has 0 aromatic heterocycles. The van der Waals surface area contributed by atoms with E-state index < -0.39 is 11.8 Å². The maximum absolute atomic E-state index is 13.4. The summed E-state index contributed by atoms with van der Waals surface area (Å²) in [7, 11) is 0. The Balaban J connectivity index is 1.73. The second kappa shape index (κ2) is 10.5. The fourth-order valence-corrected chi connectivity index (χ4v) is 3.52. The van der Waals surface area contributed by atoms with E-state index in [1.54, 1.807) is 18.2 Å². The van der Waals surface area contributed by atoms with Crippen LogP contribution in [0.25, 0.3) is 0 Å². The summed E-state index contributed by atoms with van der Waals surface area (Å²) >= 11 is 0. The molecule has 5 nitrogen and oxygen atoms in total. The number of ether oxygens (including phenoxy) is 2. The molecule has 0 unspecified atom stereocenters. The smallest absolute Gasteiger partial charge is 0.336 e. The summed E-state index contributed by atoms with van der Waals surface area (Å²) in [6, 6.07) is 29.0. The molecule has 0 saturated carbocycles. The molecular formula is C29H24O5. The van der Waals surface area contributed by atoms with Crippen LogP contribution >= 0.6 is 0 Å². The van der Waals surface area contributed by atoms with E-state index in [2.05, 4.69) is 0 Å². The number of rotatable bonds is 9. The largest absolute Gasteiger partial charge is 0.489 e. The lowest BCUT2D eigenvalue weighted by atomic mass is 9.96. The molecule has 0 bridgehead atoms. The van der Waals surface area contributed by atoms with E-state index in [4.69, 9.17) is 9.47 Å². The van der Waals surface area contributed by atoms with Crippen molar-refractivity contribution in [2.45, 2.75) is 20.1 Å². The number of aryl methyl sites for hydroxylation is 1. The van der Waals surface area contributed by atoms with Crippen LogP contribution in [0.4, 0.5) is 0 Å². The maximum Gasteiger partial charge on any atom is 0.336 e. The van der Waals surface area contributed by atoms with E-state index in [1.807, 2.05) is 79.7 Å². The molecule has 0 aliphatic rings. The second-order valence-electron chi connectivity index (χ2n) is 7.89. The summed E-state index contributed by atoms with van der Waals surface area (Å²) in [5, 5.41) is 9.96. The first kappa shape index (κ1) is 22.8. The lowest BCUT2D eigenvalue weighted by Gasteiger charge is -2.16. The number of benzene rings is 4. The quantitative estimate of drug-likeness (QED) is 0.312. The van der Waals surface area contributed by atoms with E-state index in [0.29, 0.717) is 11.3 Å². The highest BCUT2D eigenvalue weighted by Crippen LogP contribution is 2.32. The molecule has 5 heteroatoms. The first-order valence-corrected chi connectivity index (χ1v) is 10.9. The maximum atomic E-state index is 13.4. The van der Waals surface area contributed by atoms with Gasteiger partial charge in [-0.15, -0.1) is 0 Å². The Labute approximate surface area is 198 Å². The van der Waals surface area contributed by atoms with Gasteiger partial charge in [0.25, 0.3) is 0 Å². The monoisotopic (exact) mass is 452 g/mol. The fourth-order valence-electron chi connectivity index (χ4n) is 3.52. The molecule has 4 aromatic carbocycles. The van der Waals surface area contributed by atoms with Crippen LogP contribution in [0.1, 0.15) is 43.0 Å². The van der Waals surface area contributed by atoms with E-state index in [0.717, 1.165) is 16.7 Å². The Kier molecular flexibility index (Phi) is 7.04. The predicted octanol–water partition coefficient (Wildman–Crippen LogP) is 6.08. The van der Waals surface area contributed by atoms with E-state index in [-0.39, 0.29) is 30.1 Å². The zero-order valence-electron chi connectivity index (χ0n) is 18.7. The Bertz CT molecular complexity index is 1280. The second-order valence-corrected chi connectivity index (χ2v) is 7.89. The van der Waals surface area contributed by atoms with Gasteiger partial charge in [-0.1, -0.05) is 90.5 Å². The van der Waals surface area contributed by atoms with Crippen LogP contribution in [0.2, 0.25) is 0 Å². The average molecular weight is 453 g/mol. The average Bonchev–Trinajstić information content (AvgIpc) is 2.87. The Morgan fingerprint density at radius 3 is 1.85 bits per heavy atom. The first-order chi connectivity index (χ1) is 16.5. The highest BCUT2D eigenvalue weighted by Gasteiger charge is 2.25. The van der Waals surface area contributed by atoms with Gasteiger partial charge in [-0.2, -0.15) is 0 Å².